The van der Waals surface area contributed by atoms with Gasteiger partial charge in [-0.2, -0.15) is 0 Å². The third kappa shape index (κ3) is 3.55. The Labute approximate surface area is 168 Å². The normalized spacial score (nSPS) is 10.8. The highest BCUT2D eigenvalue weighted by Crippen LogP contribution is 2.27. The first-order valence-electron chi connectivity index (χ1n) is 9.37. The molecule has 4 aromatic rings. The lowest BCUT2D eigenvalue weighted by Gasteiger charge is -2.11. The summed E-state index contributed by atoms with van der Waals surface area (Å²) >= 11 is 0. The van der Waals surface area contributed by atoms with Gasteiger partial charge in [0.1, 0.15) is 5.76 Å². The molecule has 2 heterocycles. The minimum absolute atomic E-state index is 0.136. The molecule has 29 heavy (non-hydrogen) atoms. The molecule has 0 radical (unpaired) electrons. The van der Waals surface area contributed by atoms with E-state index >= 15 is 0 Å². The fourth-order valence-electron chi connectivity index (χ4n) is 3.33. The third-order valence-corrected chi connectivity index (χ3v) is 4.98. The van der Waals surface area contributed by atoms with Gasteiger partial charge in [0.15, 0.2) is 11.0 Å². The predicted octanol–water partition coefficient (Wildman–Crippen LogP) is 4.40. The van der Waals surface area contributed by atoms with E-state index in [9.17, 15) is 9.59 Å². The van der Waals surface area contributed by atoms with E-state index < -0.39 is 0 Å². The molecule has 0 saturated carbocycles. The van der Waals surface area contributed by atoms with E-state index in [1.807, 2.05) is 49.4 Å². The fraction of sp³-hybridized carbons (Fsp3) is 0.125. The van der Waals surface area contributed by atoms with Crippen LogP contribution in [0.2, 0.25) is 0 Å². The van der Waals surface area contributed by atoms with Crippen molar-refractivity contribution in [1.82, 2.24) is 10.3 Å². The smallest absolute Gasteiger partial charge is 0.255 e. The van der Waals surface area contributed by atoms with Gasteiger partial charge in [0.05, 0.1) is 10.9 Å². The van der Waals surface area contributed by atoms with Crippen molar-refractivity contribution in [2.24, 2.45) is 0 Å². The monoisotopic (exact) mass is 384 g/mol. The van der Waals surface area contributed by atoms with Gasteiger partial charge >= 0.3 is 0 Å². The molecular formula is C24H20N2O3. The molecule has 1 N–H and O–H groups in total. The van der Waals surface area contributed by atoms with Crippen LogP contribution < -0.4 is 10.7 Å². The van der Waals surface area contributed by atoms with Crippen LogP contribution in [0.25, 0.3) is 22.3 Å². The molecule has 0 saturated heterocycles. The number of nitrogens with zero attached hydrogens (tertiary/aromatic N) is 1. The molecule has 0 fully saturated rings. The number of aryl methyl sites for hydroxylation is 1. The predicted molar refractivity (Wildman–Crippen MR) is 113 cm³/mol. The minimum atomic E-state index is -0.301. The average molecular weight is 384 g/mol. The van der Waals surface area contributed by atoms with E-state index in [0.717, 1.165) is 16.8 Å². The first-order valence-corrected chi connectivity index (χ1v) is 9.37. The second-order valence-corrected chi connectivity index (χ2v) is 6.86. The van der Waals surface area contributed by atoms with E-state index in [4.69, 9.17) is 4.42 Å². The van der Waals surface area contributed by atoms with Crippen molar-refractivity contribution in [2.45, 2.75) is 20.4 Å². The SMILES string of the molecule is Cc1ncccc1CNC(=O)c1cccc2c(=O)c(C)c(-c3ccccc3)oc12. The van der Waals surface area contributed by atoms with Crippen molar-refractivity contribution >= 4 is 16.9 Å². The average Bonchev–Trinajstić information content (AvgIpc) is 2.75. The molecule has 0 bridgehead atoms. The van der Waals surface area contributed by atoms with E-state index in [-0.39, 0.29) is 11.3 Å². The van der Waals surface area contributed by atoms with Crippen LogP contribution in [-0.2, 0) is 6.54 Å². The zero-order valence-corrected chi connectivity index (χ0v) is 16.2. The molecule has 0 unspecified atom stereocenters. The molecule has 5 nitrogen and oxygen atoms in total. The van der Waals surface area contributed by atoms with Crippen molar-refractivity contribution in [1.29, 1.82) is 0 Å². The zero-order chi connectivity index (χ0) is 20.4. The first kappa shape index (κ1) is 18.6. The van der Waals surface area contributed by atoms with Gasteiger partial charge in [0, 0.05) is 29.6 Å². The molecule has 2 aromatic carbocycles. The fourth-order valence-corrected chi connectivity index (χ4v) is 3.33. The topological polar surface area (TPSA) is 72.2 Å². The summed E-state index contributed by atoms with van der Waals surface area (Å²) in [6.07, 6.45) is 1.72. The summed E-state index contributed by atoms with van der Waals surface area (Å²) in [5.41, 5.74) is 3.60. The number of hydrogen-bond acceptors (Lipinski definition) is 4. The summed E-state index contributed by atoms with van der Waals surface area (Å²) in [4.78, 5) is 30.1. The summed E-state index contributed by atoms with van der Waals surface area (Å²) < 4.78 is 6.11. The minimum Gasteiger partial charge on any atom is -0.455 e. The number of carbonyl (C=O) groups excluding carboxylic acids is 1. The second kappa shape index (κ2) is 7.72. The Morgan fingerprint density at radius 2 is 1.79 bits per heavy atom. The number of fused-ring (bicyclic) bond motifs is 1. The lowest BCUT2D eigenvalue weighted by molar-refractivity contribution is 0.0951. The van der Waals surface area contributed by atoms with Gasteiger partial charge in [0.25, 0.3) is 5.91 Å². The van der Waals surface area contributed by atoms with E-state index in [1.165, 1.54) is 0 Å². The number of hydrogen-bond donors (Lipinski definition) is 1. The number of carbonyl (C=O) groups is 1. The van der Waals surface area contributed by atoms with Crippen molar-refractivity contribution in [3.63, 3.8) is 0 Å². The van der Waals surface area contributed by atoms with E-state index in [1.54, 1.807) is 31.3 Å². The number of benzene rings is 2. The summed E-state index contributed by atoms with van der Waals surface area (Å²) in [5, 5.41) is 3.30. The number of para-hydroxylation sites is 1. The molecule has 0 aliphatic carbocycles. The quantitative estimate of drug-likeness (QED) is 0.566. The first-order chi connectivity index (χ1) is 14.1. The molecule has 1 amide bonds. The standard InChI is InChI=1S/C24H20N2O3/c1-15-21(27)19-11-6-12-20(23(19)29-22(15)17-8-4-3-5-9-17)24(28)26-14-18-10-7-13-25-16(18)2/h3-13H,14H2,1-2H3,(H,26,28). The number of nitrogens with one attached hydrogen (secondary N) is 1. The van der Waals surface area contributed by atoms with E-state index in [2.05, 4.69) is 10.3 Å². The van der Waals surface area contributed by atoms with Crippen LogP contribution in [0.5, 0.6) is 0 Å². The highest BCUT2D eigenvalue weighted by Gasteiger charge is 2.18. The summed E-state index contributed by atoms with van der Waals surface area (Å²) in [5.74, 6) is 0.177. The molecule has 144 valence electrons. The maximum Gasteiger partial charge on any atom is 0.255 e. The maximum absolute atomic E-state index is 12.9. The number of pyridine rings is 1. The number of aromatic nitrogens is 1. The van der Waals surface area contributed by atoms with Crippen LogP contribution in [0.4, 0.5) is 0 Å². The molecule has 0 spiro atoms. The van der Waals surface area contributed by atoms with Gasteiger partial charge in [-0.05, 0) is 37.6 Å². The summed E-state index contributed by atoms with van der Waals surface area (Å²) in [6.45, 7) is 3.98. The zero-order valence-electron chi connectivity index (χ0n) is 16.2. The van der Waals surface area contributed by atoms with Crippen molar-refractivity contribution < 1.29 is 9.21 Å². The highest BCUT2D eigenvalue weighted by molar-refractivity contribution is 6.05. The number of rotatable bonds is 4. The Balaban J connectivity index is 1.77. The summed E-state index contributed by atoms with van der Waals surface area (Å²) in [6, 6.07) is 18.2. The molecule has 0 aliphatic rings. The van der Waals surface area contributed by atoms with Gasteiger partial charge in [-0.3, -0.25) is 14.6 Å². The Hall–Kier alpha value is -3.73. The molecular weight excluding hydrogens is 364 g/mol. The largest absolute Gasteiger partial charge is 0.455 e. The number of amides is 1. The van der Waals surface area contributed by atoms with Gasteiger partial charge < -0.3 is 9.73 Å². The van der Waals surface area contributed by atoms with Crippen LogP contribution in [0.15, 0.2) is 76.1 Å². The molecule has 4 rings (SSSR count). The van der Waals surface area contributed by atoms with Gasteiger partial charge in [-0.25, -0.2) is 0 Å². The van der Waals surface area contributed by atoms with Crippen LogP contribution >= 0.6 is 0 Å². The molecule has 0 atom stereocenters. The molecule has 0 aliphatic heterocycles. The molecule has 5 heteroatoms. The van der Waals surface area contributed by atoms with Crippen molar-refractivity contribution in [3.8, 4) is 11.3 Å². The van der Waals surface area contributed by atoms with Crippen molar-refractivity contribution in [2.75, 3.05) is 0 Å². The summed E-state index contributed by atoms with van der Waals surface area (Å²) in [7, 11) is 0. The van der Waals surface area contributed by atoms with Gasteiger partial charge in [-0.15, -0.1) is 0 Å². The Kier molecular flexibility index (Phi) is 4.96. The lowest BCUT2D eigenvalue weighted by atomic mass is 10.0. The van der Waals surface area contributed by atoms with Crippen LogP contribution in [-0.4, -0.2) is 10.9 Å². The maximum atomic E-state index is 12.9. The second-order valence-electron chi connectivity index (χ2n) is 6.86. The van der Waals surface area contributed by atoms with Gasteiger partial charge in [0.2, 0.25) is 0 Å². The van der Waals surface area contributed by atoms with Gasteiger partial charge in [-0.1, -0.05) is 42.5 Å². The van der Waals surface area contributed by atoms with Crippen LogP contribution in [0.3, 0.4) is 0 Å². The van der Waals surface area contributed by atoms with Crippen LogP contribution in [0, 0.1) is 13.8 Å². The lowest BCUT2D eigenvalue weighted by Crippen LogP contribution is -2.24. The molecule has 2 aromatic heterocycles. The highest BCUT2D eigenvalue weighted by atomic mass is 16.3. The van der Waals surface area contributed by atoms with E-state index in [0.29, 0.717) is 34.4 Å². The van der Waals surface area contributed by atoms with Crippen molar-refractivity contribution in [3.05, 3.63) is 99.5 Å². The Bertz CT molecular complexity index is 1260. The Morgan fingerprint density at radius 3 is 2.55 bits per heavy atom. The van der Waals surface area contributed by atoms with Crippen LogP contribution in [0.1, 0.15) is 27.2 Å². The Morgan fingerprint density at radius 1 is 1.00 bits per heavy atom. The third-order valence-electron chi connectivity index (χ3n) is 4.98.